The van der Waals surface area contributed by atoms with Crippen LogP contribution in [0, 0.1) is 10.1 Å². The lowest BCUT2D eigenvalue weighted by Gasteiger charge is -2.32. The van der Waals surface area contributed by atoms with Gasteiger partial charge >= 0.3 is 0 Å². The highest BCUT2D eigenvalue weighted by molar-refractivity contribution is 7.88. The predicted octanol–water partition coefficient (Wildman–Crippen LogP) is 1.14. The molecule has 0 spiro atoms. The van der Waals surface area contributed by atoms with Crippen molar-refractivity contribution in [2.75, 3.05) is 19.6 Å². The Labute approximate surface area is 129 Å². The Morgan fingerprint density at radius 1 is 1.38 bits per heavy atom. The quantitative estimate of drug-likeness (QED) is 0.658. The van der Waals surface area contributed by atoms with Crippen LogP contribution in [0.5, 0.6) is 0 Å². The highest BCUT2D eigenvalue weighted by Crippen LogP contribution is 2.18. The number of hydrogen-bond donors (Lipinski definition) is 1. The number of benzene rings is 1. The summed E-state index contributed by atoms with van der Waals surface area (Å²) in [5.74, 6) is -0.130. The summed E-state index contributed by atoms with van der Waals surface area (Å²) in [5, 5.41) is 13.7. The summed E-state index contributed by atoms with van der Waals surface area (Å²) in [6.45, 7) is 3.60. The van der Waals surface area contributed by atoms with Crippen molar-refractivity contribution in [1.82, 2.24) is 9.62 Å². The van der Waals surface area contributed by atoms with Gasteiger partial charge in [-0.1, -0.05) is 12.1 Å². The van der Waals surface area contributed by atoms with Crippen LogP contribution in [-0.4, -0.2) is 43.3 Å². The first-order valence-electron chi connectivity index (χ1n) is 6.34. The molecule has 1 aliphatic heterocycles. The van der Waals surface area contributed by atoms with Gasteiger partial charge in [-0.2, -0.15) is 4.31 Å². The van der Waals surface area contributed by atoms with Crippen molar-refractivity contribution in [3.8, 4) is 0 Å². The van der Waals surface area contributed by atoms with Gasteiger partial charge in [-0.3, -0.25) is 10.1 Å². The first-order chi connectivity index (χ1) is 9.40. The number of nitrogens with zero attached hydrogens (tertiary/aromatic N) is 2. The average molecular weight is 336 g/mol. The summed E-state index contributed by atoms with van der Waals surface area (Å²) in [4.78, 5) is 10.1. The monoisotopic (exact) mass is 335 g/mol. The molecule has 1 fully saturated rings. The van der Waals surface area contributed by atoms with Crippen LogP contribution >= 0.6 is 12.4 Å². The minimum atomic E-state index is -3.40. The molecule has 7 nitrogen and oxygen atoms in total. The zero-order valence-electron chi connectivity index (χ0n) is 11.6. The fraction of sp³-hybridized carbons (Fsp3) is 0.500. The third-order valence-corrected chi connectivity index (χ3v) is 5.25. The Morgan fingerprint density at radius 2 is 2.00 bits per heavy atom. The Bertz CT molecular complexity index is 591. The number of halogens is 1. The number of sulfonamides is 1. The first-order valence-corrected chi connectivity index (χ1v) is 7.94. The SMILES string of the molecule is C[C@H]1CNCCN1S(=O)(=O)Cc1ccc([N+](=O)[O-])cc1.Cl. The maximum absolute atomic E-state index is 12.3. The van der Waals surface area contributed by atoms with Crippen LogP contribution in [0.4, 0.5) is 5.69 Å². The molecule has 1 atom stereocenters. The fourth-order valence-corrected chi connectivity index (χ4v) is 4.01. The molecule has 0 amide bonds. The van der Waals surface area contributed by atoms with Gasteiger partial charge in [-0.25, -0.2) is 8.42 Å². The molecule has 1 heterocycles. The van der Waals surface area contributed by atoms with Crippen molar-refractivity contribution in [3.63, 3.8) is 0 Å². The predicted molar refractivity (Wildman–Crippen MR) is 82.0 cm³/mol. The number of piperazine rings is 1. The lowest BCUT2D eigenvalue weighted by Crippen LogP contribution is -2.52. The van der Waals surface area contributed by atoms with E-state index in [2.05, 4.69) is 5.32 Å². The standard InChI is InChI=1S/C12H17N3O4S.ClH/c1-10-8-13-6-7-14(10)20(18,19)9-11-2-4-12(5-3-11)15(16)17;/h2-5,10,13H,6-9H2,1H3;1H/t10-;/m0./s1. The summed E-state index contributed by atoms with van der Waals surface area (Å²) in [7, 11) is -3.40. The van der Waals surface area contributed by atoms with Gasteiger partial charge in [0, 0.05) is 37.8 Å². The number of nitro benzene ring substituents is 1. The molecular weight excluding hydrogens is 318 g/mol. The number of nitro groups is 1. The van der Waals surface area contributed by atoms with Gasteiger partial charge in [-0.05, 0) is 12.5 Å². The van der Waals surface area contributed by atoms with E-state index in [1.807, 2.05) is 6.92 Å². The van der Waals surface area contributed by atoms with Crippen LogP contribution in [0.25, 0.3) is 0 Å². The van der Waals surface area contributed by atoms with E-state index >= 15 is 0 Å². The van der Waals surface area contributed by atoms with Crippen molar-refractivity contribution in [3.05, 3.63) is 39.9 Å². The van der Waals surface area contributed by atoms with Crippen molar-refractivity contribution >= 4 is 28.1 Å². The molecule has 1 aromatic carbocycles. The highest BCUT2D eigenvalue weighted by Gasteiger charge is 2.29. The van der Waals surface area contributed by atoms with Gasteiger partial charge in [-0.15, -0.1) is 12.4 Å². The summed E-state index contributed by atoms with van der Waals surface area (Å²) in [6, 6.07) is 5.55. The Balaban J connectivity index is 0.00000220. The molecule has 1 N–H and O–H groups in total. The molecule has 9 heteroatoms. The molecule has 0 saturated carbocycles. The van der Waals surface area contributed by atoms with Crippen molar-refractivity contribution in [2.24, 2.45) is 0 Å². The first kappa shape index (κ1) is 17.8. The van der Waals surface area contributed by atoms with Crippen molar-refractivity contribution in [2.45, 2.75) is 18.7 Å². The number of hydrogen-bond acceptors (Lipinski definition) is 5. The molecule has 1 aromatic rings. The molecule has 0 bridgehead atoms. The van der Waals surface area contributed by atoms with Gasteiger partial charge in [0.15, 0.2) is 0 Å². The van der Waals surface area contributed by atoms with E-state index in [1.165, 1.54) is 28.6 Å². The molecule has 0 unspecified atom stereocenters. The minimum Gasteiger partial charge on any atom is -0.314 e. The van der Waals surface area contributed by atoms with Crippen LogP contribution in [-0.2, 0) is 15.8 Å². The third kappa shape index (κ3) is 4.37. The minimum absolute atomic E-state index is 0. The normalized spacial score (nSPS) is 19.8. The van der Waals surface area contributed by atoms with E-state index in [0.717, 1.165) is 0 Å². The molecular formula is C12H18ClN3O4S. The van der Waals surface area contributed by atoms with E-state index < -0.39 is 14.9 Å². The smallest absolute Gasteiger partial charge is 0.269 e. The molecule has 21 heavy (non-hydrogen) atoms. The van der Waals surface area contributed by atoms with Crippen LogP contribution in [0.2, 0.25) is 0 Å². The highest BCUT2D eigenvalue weighted by atomic mass is 35.5. The number of rotatable bonds is 4. The van der Waals surface area contributed by atoms with Gasteiger partial charge in [0.05, 0.1) is 10.7 Å². The number of nitrogens with one attached hydrogen (secondary N) is 1. The van der Waals surface area contributed by atoms with E-state index in [1.54, 1.807) is 0 Å². The largest absolute Gasteiger partial charge is 0.314 e. The zero-order valence-corrected chi connectivity index (χ0v) is 13.2. The maximum atomic E-state index is 12.3. The van der Waals surface area contributed by atoms with Crippen molar-refractivity contribution in [1.29, 1.82) is 0 Å². The molecule has 0 aliphatic carbocycles. The Kier molecular flexibility index (Phi) is 6.09. The summed E-state index contributed by atoms with van der Waals surface area (Å²) >= 11 is 0. The Morgan fingerprint density at radius 3 is 2.52 bits per heavy atom. The van der Waals surface area contributed by atoms with E-state index in [4.69, 9.17) is 0 Å². The zero-order chi connectivity index (χ0) is 14.8. The molecule has 0 radical (unpaired) electrons. The Hall–Kier alpha value is -1.22. The molecule has 0 aromatic heterocycles. The van der Waals surface area contributed by atoms with E-state index in [9.17, 15) is 18.5 Å². The summed E-state index contributed by atoms with van der Waals surface area (Å²) in [6.07, 6.45) is 0. The van der Waals surface area contributed by atoms with Crippen LogP contribution in [0.3, 0.4) is 0 Å². The second-order valence-corrected chi connectivity index (χ2v) is 6.77. The summed E-state index contributed by atoms with van der Waals surface area (Å²) < 4.78 is 26.2. The molecule has 118 valence electrons. The number of non-ortho nitro benzene ring substituents is 1. The van der Waals surface area contributed by atoms with Gasteiger partial charge in [0.1, 0.15) is 0 Å². The van der Waals surface area contributed by atoms with E-state index in [-0.39, 0.29) is 29.9 Å². The molecule has 1 saturated heterocycles. The maximum Gasteiger partial charge on any atom is 0.269 e. The average Bonchev–Trinajstić information content (AvgIpc) is 2.39. The molecule has 1 aliphatic rings. The lowest BCUT2D eigenvalue weighted by molar-refractivity contribution is -0.384. The van der Waals surface area contributed by atoms with Gasteiger partial charge in [0.2, 0.25) is 10.0 Å². The van der Waals surface area contributed by atoms with Gasteiger partial charge < -0.3 is 5.32 Å². The van der Waals surface area contributed by atoms with Crippen LogP contribution in [0.15, 0.2) is 24.3 Å². The molecule has 2 rings (SSSR count). The fourth-order valence-electron chi connectivity index (χ4n) is 2.24. The second kappa shape index (κ2) is 7.17. The van der Waals surface area contributed by atoms with E-state index in [0.29, 0.717) is 25.2 Å². The summed E-state index contributed by atoms with van der Waals surface area (Å²) in [5.41, 5.74) is 0.517. The van der Waals surface area contributed by atoms with Gasteiger partial charge in [0.25, 0.3) is 5.69 Å². The van der Waals surface area contributed by atoms with Crippen molar-refractivity contribution < 1.29 is 13.3 Å². The van der Waals surface area contributed by atoms with Crippen LogP contribution in [0.1, 0.15) is 12.5 Å². The van der Waals surface area contributed by atoms with Crippen LogP contribution < -0.4 is 5.32 Å². The third-order valence-electron chi connectivity index (χ3n) is 3.29. The topological polar surface area (TPSA) is 92.6 Å². The lowest BCUT2D eigenvalue weighted by atomic mass is 10.2. The second-order valence-electron chi connectivity index (χ2n) is 4.84.